The molecule has 7 aromatic rings. The van der Waals surface area contributed by atoms with Crippen LogP contribution in [0.5, 0.6) is 23.0 Å². The average Bonchev–Trinajstić information content (AvgIpc) is 3.81. The van der Waals surface area contributed by atoms with Crippen LogP contribution in [0.25, 0.3) is 22.4 Å². The van der Waals surface area contributed by atoms with Crippen molar-refractivity contribution >= 4 is 17.2 Å². The predicted molar refractivity (Wildman–Crippen MR) is 188 cm³/mol. The standard InChI is InChI=1S/C36H22N4O2.C6H4N.2Pt/c1-39-25-40(35-17-8-19-38-36(35)39)29-11-7-16-33(24-29)42-32-15-6-10-28(22-32)34-23-27(18-20-37-34)26-9-5-14-31(21-26)41-30-12-3-2-4-13-30;1-2-7-5-3-4-6-7;;/h2-12,14-17,19-20,23,25H,1H3;3-6H;;/q-6;-1;;+4. The van der Waals surface area contributed by atoms with Crippen molar-refractivity contribution in [1.29, 1.82) is 0 Å². The van der Waals surface area contributed by atoms with Crippen molar-refractivity contribution in [3.05, 3.63) is 177 Å². The number of ether oxygens (including phenoxy) is 2. The van der Waals surface area contributed by atoms with Gasteiger partial charge in [0.2, 0.25) is 0 Å². The number of pyridine rings is 2. The van der Waals surface area contributed by atoms with Gasteiger partial charge in [0, 0.05) is 62.7 Å². The van der Waals surface area contributed by atoms with Crippen LogP contribution in [-0.4, -0.2) is 21.6 Å². The molecule has 0 fully saturated rings. The fourth-order valence-corrected chi connectivity index (χ4v) is 5.06. The second-order valence-corrected chi connectivity index (χ2v) is 10.7. The molecule has 0 atom stereocenters. The molecule has 254 valence electrons. The summed E-state index contributed by atoms with van der Waals surface area (Å²) in [5, 5.41) is 0. The van der Waals surface area contributed by atoms with E-state index in [1.807, 2.05) is 133 Å². The minimum Gasteiger partial charge on any atom is -0.669 e. The molecule has 7 nitrogen and oxygen atoms in total. The van der Waals surface area contributed by atoms with Crippen LogP contribution < -0.4 is 19.3 Å². The Morgan fingerprint density at radius 3 is 2.12 bits per heavy atom. The number of rotatable bonds is 7. The first-order chi connectivity index (χ1) is 24.1. The molecule has 0 amide bonds. The fraction of sp³-hybridized carbons (Fsp3) is 0.0238. The van der Waals surface area contributed by atoms with E-state index in [9.17, 15) is 0 Å². The average molecular weight is 1020 g/mol. The van der Waals surface area contributed by atoms with Crippen molar-refractivity contribution in [3.8, 4) is 51.4 Å². The van der Waals surface area contributed by atoms with Crippen LogP contribution in [-0.2, 0) is 42.1 Å². The Labute approximate surface area is 327 Å². The molecule has 1 aliphatic heterocycles. The molecule has 4 aromatic carbocycles. The number of anilines is 3. The summed E-state index contributed by atoms with van der Waals surface area (Å²) in [6, 6.07) is 52.9. The van der Waals surface area contributed by atoms with Gasteiger partial charge in [0.05, 0.1) is 5.69 Å². The first kappa shape index (κ1) is 36.9. The zero-order chi connectivity index (χ0) is 33.4. The summed E-state index contributed by atoms with van der Waals surface area (Å²) in [5.74, 6) is 3.25. The van der Waals surface area contributed by atoms with E-state index < -0.39 is 0 Å². The van der Waals surface area contributed by atoms with Crippen molar-refractivity contribution < 1.29 is 51.6 Å². The molecule has 8 rings (SSSR count). The van der Waals surface area contributed by atoms with E-state index in [2.05, 4.69) is 46.3 Å². The fourth-order valence-electron chi connectivity index (χ4n) is 5.06. The predicted octanol–water partition coefficient (Wildman–Crippen LogP) is 8.98. The molecule has 51 heavy (non-hydrogen) atoms. The van der Waals surface area contributed by atoms with Gasteiger partial charge in [0.15, 0.2) is 0 Å². The second-order valence-electron chi connectivity index (χ2n) is 10.7. The Hall–Kier alpha value is -5.40. The Kier molecular flexibility index (Phi) is 12.7. The number of hydrogen-bond acceptors (Lipinski definition) is 6. The van der Waals surface area contributed by atoms with Crippen molar-refractivity contribution in [2.24, 2.45) is 0 Å². The number of para-hydroxylation sites is 1. The van der Waals surface area contributed by atoms with E-state index in [4.69, 9.17) is 15.9 Å². The normalized spacial score (nSPS) is 11.1. The molecular weight excluding hydrogens is 997 g/mol. The summed E-state index contributed by atoms with van der Waals surface area (Å²) >= 11 is 0. The molecule has 3 aromatic heterocycles. The van der Waals surface area contributed by atoms with Crippen molar-refractivity contribution in [1.82, 2.24) is 14.5 Å². The quantitative estimate of drug-likeness (QED) is 0.118. The maximum absolute atomic E-state index is 6.57. The zero-order valence-corrected chi connectivity index (χ0v) is 31.5. The van der Waals surface area contributed by atoms with Crippen LogP contribution >= 0.6 is 0 Å². The molecule has 0 bridgehead atoms. The molecule has 1 aliphatic rings. The smallest absolute Gasteiger partial charge is 0.669 e. The number of hydrogen-bond donors (Lipinski definition) is 0. The van der Waals surface area contributed by atoms with E-state index in [0.29, 0.717) is 23.0 Å². The van der Waals surface area contributed by atoms with E-state index in [1.165, 1.54) is 0 Å². The molecule has 9 heteroatoms. The van der Waals surface area contributed by atoms with Crippen molar-refractivity contribution in [3.63, 3.8) is 0 Å². The maximum Gasteiger partial charge on any atom is 4.00 e. The van der Waals surface area contributed by atoms with E-state index in [0.717, 1.165) is 39.6 Å². The van der Waals surface area contributed by atoms with Gasteiger partial charge in [-0.2, -0.15) is 43.1 Å². The van der Waals surface area contributed by atoms with Gasteiger partial charge in [0.1, 0.15) is 5.82 Å². The van der Waals surface area contributed by atoms with Crippen LogP contribution in [0.2, 0.25) is 0 Å². The van der Waals surface area contributed by atoms with Crippen LogP contribution in [0, 0.1) is 49.5 Å². The number of aromatic nitrogens is 3. The third kappa shape index (κ3) is 9.04. The molecule has 0 N–H and O–H groups in total. The first-order valence-electron chi connectivity index (χ1n) is 15.3. The molecule has 0 saturated heterocycles. The molecule has 0 spiro atoms. The van der Waals surface area contributed by atoms with E-state index >= 15 is 0 Å². The third-order valence-electron chi connectivity index (χ3n) is 7.32. The van der Waals surface area contributed by atoms with E-state index in [1.54, 1.807) is 29.4 Å². The minimum atomic E-state index is 0. The van der Waals surface area contributed by atoms with Crippen LogP contribution in [0.3, 0.4) is 0 Å². The van der Waals surface area contributed by atoms with Crippen LogP contribution in [0.15, 0.2) is 134 Å². The Balaban J connectivity index is 0.000000503. The molecule has 0 saturated carbocycles. The van der Waals surface area contributed by atoms with Gasteiger partial charge in [-0.25, -0.2) is 29.2 Å². The van der Waals surface area contributed by atoms with Crippen molar-refractivity contribution in [2.45, 2.75) is 0 Å². The number of fused-ring (bicyclic) bond motifs is 1. The van der Waals surface area contributed by atoms with Gasteiger partial charge in [-0.05, 0) is 31.3 Å². The third-order valence-corrected chi connectivity index (χ3v) is 7.32. The minimum absolute atomic E-state index is 0. The number of nitrogens with zero attached hydrogens (tertiary/aromatic N) is 5. The summed E-state index contributed by atoms with van der Waals surface area (Å²) in [6.07, 6.45) is 13.5. The van der Waals surface area contributed by atoms with Gasteiger partial charge in [0.25, 0.3) is 0 Å². The maximum atomic E-state index is 6.57. The molecule has 4 heterocycles. The Bertz CT molecular complexity index is 2220. The van der Waals surface area contributed by atoms with Gasteiger partial charge in [-0.15, -0.1) is 65.8 Å². The molecule has 0 unspecified atom stereocenters. The zero-order valence-electron chi connectivity index (χ0n) is 27.0. The van der Waals surface area contributed by atoms with Gasteiger partial charge in [-0.1, -0.05) is 18.0 Å². The molecular formula is C42H26N5O2Pt2-3. The summed E-state index contributed by atoms with van der Waals surface area (Å²) in [7, 11) is 1.97. The number of benzene rings is 4. The van der Waals surface area contributed by atoms with Gasteiger partial charge < -0.3 is 35.2 Å². The van der Waals surface area contributed by atoms with Gasteiger partial charge in [-0.3, -0.25) is 11.1 Å². The Morgan fingerprint density at radius 2 is 1.39 bits per heavy atom. The summed E-state index contributed by atoms with van der Waals surface area (Å²) < 4.78 is 13.7. The second kappa shape index (κ2) is 17.5. The summed E-state index contributed by atoms with van der Waals surface area (Å²) in [4.78, 5) is 13.0. The van der Waals surface area contributed by atoms with Crippen LogP contribution in [0.4, 0.5) is 17.2 Å². The topological polar surface area (TPSA) is 55.6 Å². The van der Waals surface area contributed by atoms with Crippen LogP contribution in [0.1, 0.15) is 0 Å². The SMILES string of the molecule is CN1[CH-]N(c2[c-]c(Oc3[c-]c(-c4cc(-c5[c-]c(Oc6[c-]cccc6)ccc5)[c-]cn4)ccc3)ccc2)c2cccnc21.[C-]#Cn1cccc1.[Pt+4].[Pt]. The van der Waals surface area contributed by atoms with Gasteiger partial charge >= 0.3 is 21.1 Å². The molecule has 0 radical (unpaired) electrons. The summed E-state index contributed by atoms with van der Waals surface area (Å²) in [5.41, 5.74) is 5.04. The summed E-state index contributed by atoms with van der Waals surface area (Å²) in [6.45, 7) is 1.98. The van der Waals surface area contributed by atoms with E-state index in [-0.39, 0.29) is 42.1 Å². The Morgan fingerprint density at radius 1 is 0.706 bits per heavy atom. The molecule has 0 aliphatic carbocycles. The first-order valence-corrected chi connectivity index (χ1v) is 15.3. The monoisotopic (exact) mass is 1020 g/mol. The largest absolute Gasteiger partial charge is 4.00 e. The van der Waals surface area contributed by atoms with Crippen molar-refractivity contribution in [2.75, 3.05) is 16.8 Å².